The Morgan fingerprint density at radius 1 is 1.17 bits per heavy atom. The van der Waals surface area contributed by atoms with Crippen molar-refractivity contribution in [3.05, 3.63) is 77.2 Å². The molecule has 1 atom stereocenters. The summed E-state index contributed by atoms with van der Waals surface area (Å²) >= 11 is 0. The third-order valence-corrected chi connectivity index (χ3v) is 6.00. The molecule has 10 heteroatoms. The van der Waals surface area contributed by atoms with Crippen LogP contribution in [0, 0.1) is 17.6 Å². The van der Waals surface area contributed by atoms with Gasteiger partial charge in [0, 0.05) is 37.1 Å². The van der Waals surface area contributed by atoms with Crippen LogP contribution in [0.4, 0.5) is 14.7 Å². The van der Waals surface area contributed by atoms with Crippen molar-refractivity contribution in [2.45, 2.75) is 18.9 Å². The Bertz CT molecular complexity index is 1400. The smallest absolute Gasteiger partial charge is 0.252 e. The highest BCUT2D eigenvalue weighted by Gasteiger charge is 2.23. The van der Waals surface area contributed by atoms with Crippen LogP contribution in [-0.2, 0) is 7.05 Å². The summed E-state index contributed by atoms with van der Waals surface area (Å²) in [6.45, 7) is 0.763. The third kappa shape index (κ3) is 4.91. The Kier molecular flexibility index (Phi) is 6.02. The van der Waals surface area contributed by atoms with E-state index in [1.54, 1.807) is 30.2 Å². The van der Waals surface area contributed by atoms with Gasteiger partial charge in [-0.05, 0) is 48.6 Å². The Balaban J connectivity index is 1.45. The van der Waals surface area contributed by atoms with Crippen molar-refractivity contribution >= 4 is 22.8 Å². The Labute approximate surface area is 200 Å². The van der Waals surface area contributed by atoms with Crippen LogP contribution in [-0.4, -0.2) is 39.3 Å². The topological polar surface area (TPSA) is 94.0 Å². The maximum absolute atomic E-state index is 14.8. The van der Waals surface area contributed by atoms with Crippen molar-refractivity contribution in [2.75, 3.05) is 19.0 Å². The van der Waals surface area contributed by atoms with Crippen LogP contribution >= 0.6 is 0 Å². The number of aromatic nitrogens is 4. The molecule has 4 aromatic rings. The number of carbonyl (C=O) groups is 1. The number of nitrogens with one attached hydrogen (secondary N) is 2. The van der Waals surface area contributed by atoms with Crippen molar-refractivity contribution in [3.63, 3.8) is 0 Å². The molecule has 0 radical (unpaired) electrons. The van der Waals surface area contributed by atoms with Crippen LogP contribution in [0.3, 0.4) is 0 Å². The summed E-state index contributed by atoms with van der Waals surface area (Å²) in [5, 5.41) is 10.4. The fraction of sp³-hybridized carbons (Fsp3) is 0.280. The molecule has 0 saturated heterocycles. The molecule has 0 spiro atoms. The van der Waals surface area contributed by atoms with Crippen LogP contribution in [0.2, 0.25) is 0 Å². The van der Waals surface area contributed by atoms with Crippen LogP contribution in [0.1, 0.15) is 40.4 Å². The van der Waals surface area contributed by atoms with Gasteiger partial charge in [-0.2, -0.15) is 5.10 Å². The minimum atomic E-state index is -0.725. The van der Waals surface area contributed by atoms with E-state index in [1.165, 1.54) is 44.3 Å². The van der Waals surface area contributed by atoms with Crippen molar-refractivity contribution < 1.29 is 18.3 Å². The van der Waals surface area contributed by atoms with E-state index in [0.29, 0.717) is 28.5 Å². The van der Waals surface area contributed by atoms with Gasteiger partial charge in [0.05, 0.1) is 30.3 Å². The second kappa shape index (κ2) is 9.28. The minimum absolute atomic E-state index is 0.0877. The quantitative estimate of drug-likeness (QED) is 0.398. The van der Waals surface area contributed by atoms with E-state index in [9.17, 15) is 13.6 Å². The standard InChI is InChI=1S/C25H24F2N6O2/c1-33-13-17(11-30-33)23(15-5-6-22(35-2)20(27)7-15)32-24(34)16-8-19(26)18-12-29-25(31-21(18)9-16)28-10-14-3-4-14/h5-9,11-14,23H,3-4,10H2,1-2H3,(H,32,34)(H,28,29,31). The number of methoxy groups -OCH3 is 1. The molecule has 1 aliphatic rings. The molecule has 2 heterocycles. The Morgan fingerprint density at radius 3 is 2.69 bits per heavy atom. The fourth-order valence-electron chi connectivity index (χ4n) is 3.89. The maximum atomic E-state index is 14.8. The monoisotopic (exact) mass is 478 g/mol. The van der Waals surface area contributed by atoms with Gasteiger partial charge in [-0.15, -0.1) is 0 Å². The number of halogens is 2. The number of nitrogens with zero attached hydrogens (tertiary/aromatic N) is 4. The van der Waals surface area contributed by atoms with Gasteiger partial charge in [-0.3, -0.25) is 9.48 Å². The molecular weight excluding hydrogens is 454 g/mol. The summed E-state index contributed by atoms with van der Waals surface area (Å²) in [5.74, 6) is -0.601. The average molecular weight is 479 g/mol. The molecule has 5 rings (SSSR count). The number of aryl methyl sites for hydroxylation is 1. The first-order valence-corrected chi connectivity index (χ1v) is 11.2. The number of benzene rings is 2. The summed E-state index contributed by atoms with van der Waals surface area (Å²) in [4.78, 5) is 21.8. The molecule has 1 saturated carbocycles. The zero-order valence-corrected chi connectivity index (χ0v) is 19.3. The predicted molar refractivity (Wildman–Crippen MR) is 126 cm³/mol. The van der Waals surface area contributed by atoms with Crippen LogP contribution in [0.15, 0.2) is 48.9 Å². The Morgan fingerprint density at radius 2 is 2.00 bits per heavy atom. The lowest BCUT2D eigenvalue weighted by Gasteiger charge is -2.19. The van der Waals surface area contributed by atoms with Crippen LogP contribution in [0.25, 0.3) is 10.9 Å². The van der Waals surface area contributed by atoms with Gasteiger partial charge >= 0.3 is 0 Å². The zero-order valence-electron chi connectivity index (χ0n) is 19.3. The lowest BCUT2D eigenvalue weighted by atomic mass is 10.0. The first-order valence-electron chi connectivity index (χ1n) is 11.2. The van der Waals surface area contributed by atoms with Gasteiger partial charge in [0.15, 0.2) is 11.6 Å². The van der Waals surface area contributed by atoms with E-state index in [-0.39, 0.29) is 16.7 Å². The highest BCUT2D eigenvalue weighted by atomic mass is 19.1. The number of anilines is 1. The Hall–Kier alpha value is -4.08. The minimum Gasteiger partial charge on any atom is -0.494 e. The molecule has 1 unspecified atom stereocenters. The number of ether oxygens (including phenoxy) is 1. The average Bonchev–Trinajstić information content (AvgIpc) is 3.59. The maximum Gasteiger partial charge on any atom is 0.252 e. The summed E-state index contributed by atoms with van der Waals surface area (Å²) in [6, 6.07) is 6.38. The number of hydrogen-bond acceptors (Lipinski definition) is 6. The van der Waals surface area contributed by atoms with E-state index in [2.05, 4.69) is 25.7 Å². The molecule has 1 aliphatic carbocycles. The van der Waals surface area contributed by atoms with Crippen molar-refractivity contribution in [3.8, 4) is 5.75 Å². The van der Waals surface area contributed by atoms with E-state index >= 15 is 0 Å². The number of amides is 1. The normalized spacial score (nSPS) is 14.1. The van der Waals surface area contributed by atoms with Crippen molar-refractivity contribution in [1.82, 2.24) is 25.1 Å². The highest BCUT2D eigenvalue weighted by Crippen LogP contribution is 2.29. The number of rotatable bonds is 8. The summed E-state index contributed by atoms with van der Waals surface area (Å²) in [6.07, 6.45) is 7.07. The first kappa shape index (κ1) is 22.7. The van der Waals surface area contributed by atoms with Gasteiger partial charge in [0.25, 0.3) is 5.91 Å². The largest absolute Gasteiger partial charge is 0.494 e. The van der Waals surface area contributed by atoms with Crippen LogP contribution < -0.4 is 15.4 Å². The van der Waals surface area contributed by atoms with Crippen molar-refractivity contribution in [1.29, 1.82) is 0 Å². The zero-order chi connectivity index (χ0) is 24.5. The first-order chi connectivity index (χ1) is 16.9. The summed E-state index contributed by atoms with van der Waals surface area (Å²) in [5.41, 5.74) is 1.53. The molecule has 1 amide bonds. The molecule has 2 aromatic heterocycles. The van der Waals surface area contributed by atoms with E-state index in [4.69, 9.17) is 4.74 Å². The molecular formula is C25H24F2N6O2. The van der Waals surface area contributed by atoms with E-state index in [0.717, 1.165) is 12.6 Å². The number of hydrogen-bond donors (Lipinski definition) is 2. The van der Waals surface area contributed by atoms with Gasteiger partial charge < -0.3 is 15.4 Å². The fourth-order valence-corrected chi connectivity index (χ4v) is 3.89. The SMILES string of the molecule is COc1ccc(C(NC(=O)c2cc(F)c3cnc(NCC4CC4)nc3c2)c2cnn(C)c2)cc1F. The van der Waals surface area contributed by atoms with Crippen LogP contribution in [0.5, 0.6) is 5.75 Å². The van der Waals surface area contributed by atoms with Gasteiger partial charge in [-0.25, -0.2) is 18.7 Å². The molecule has 0 aliphatic heterocycles. The van der Waals surface area contributed by atoms with Gasteiger partial charge in [-0.1, -0.05) is 6.07 Å². The molecule has 1 fully saturated rings. The lowest BCUT2D eigenvalue weighted by molar-refractivity contribution is 0.0942. The lowest BCUT2D eigenvalue weighted by Crippen LogP contribution is -2.29. The molecule has 180 valence electrons. The van der Waals surface area contributed by atoms with Crippen molar-refractivity contribution in [2.24, 2.45) is 13.0 Å². The highest BCUT2D eigenvalue weighted by molar-refractivity contribution is 5.98. The molecule has 8 nitrogen and oxygen atoms in total. The number of carbonyl (C=O) groups excluding carboxylic acids is 1. The summed E-state index contributed by atoms with van der Waals surface area (Å²) < 4.78 is 35.9. The predicted octanol–water partition coefficient (Wildman–Crippen LogP) is 3.99. The van der Waals surface area contributed by atoms with Gasteiger partial charge in [0.1, 0.15) is 5.82 Å². The second-order valence-corrected chi connectivity index (χ2v) is 8.66. The van der Waals surface area contributed by atoms with Gasteiger partial charge in [0.2, 0.25) is 5.95 Å². The number of fused-ring (bicyclic) bond motifs is 1. The second-order valence-electron chi connectivity index (χ2n) is 8.66. The molecule has 2 aromatic carbocycles. The molecule has 2 N–H and O–H groups in total. The van der Waals surface area contributed by atoms with E-state index < -0.39 is 23.6 Å². The third-order valence-electron chi connectivity index (χ3n) is 6.00. The van der Waals surface area contributed by atoms with E-state index in [1.807, 2.05) is 0 Å². The summed E-state index contributed by atoms with van der Waals surface area (Å²) in [7, 11) is 3.12. The molecule has 35 heavy (non-hydrogen) atoms. The molecule has 0 bridgehead atoms.